The minimum absolute atomic E-state index is 0.237. The highest BCUT2D eigenvalue weighted by molar-refractivity contribution is 5.84. The Morgan fingerprint density at radius 3 is 2.15 bits per heavy atom. The maximum Gasteiger partial charge on any atom is 0.231 e. The molecule has 3 aromatic rings. The van der Waals surface area contributed by atoms with Gasteiger partial charge < -0.3 is 40.4 Å². The number of fused-ring (bicyclic) bond motifs is 1. The van der Waals surface area contributed by atoms with Crippen molar-refractivity contribution in [1.29, 1.82) is 0 Å². The van der Waals surface area contributed by atoms with E-state index in [-0.39, 0.29) is 6.29 Å². The maximum atomic E-state index is 5.54. The van der Waals surface area contributed by atoms with Crippen molar-refractivity contribution in [2.24, 2.45) is 0 Å². The zero-order chi connectivity index (χ0) is 22.6. The molecule has 0 aliphatic carbocycles. The van der Waals surface area contributed by atoms with E-state index in [1.165, 1.54) is 0 Å². The number of nitrogens with zero attached hydrogens (tertiary/aromatic N) is 3. The van der Waals surface area contributed by atoms with Gasteiger partial charge in [-0.2, -0.15) is 9.97 Å². The van der Waals surface area contributed by atoms with Gasteiger partial charge in [-0.15, -0.1) is 0 Å². The third-order valence-electron chi connectivity index (χ3n) is 5.52. The van der Waals surface area contributed by atoms with Crippen molar-refractivity contribution in [1.82, 2.24) is 9.97 Å². The Kier molecular flexibility index (Phi) is 5.90. The Balaban J connectivity index is 1.39. The molecule has 2 aliphatic heterocycles. The first-order valence-corrected chi connectivity index (χ1v) is 10.8. The highest BCUT2D eigenvalue weighted by Crippen LogP contribution is 2.37. The fraction of sp³-hybridized carbons (Fsp3) is 0.304. The van der Waals surface area contributed by atoms with Gasteiger partial charge in [-0.05, 0) is 48.5 Å². The van der Waals surface area contributed by atoms with Crippen LogP contribution in [-0.2, 0) is 4.74 Å². The van der Waals surface area contributed by atoms with Crippen molar-refractivity contribution in [2.45, 2.75) is 6.29 Å². The highest BCUT2D eigenvalue weighted by atomic mass is 16.5. The lowest BCUT2D eigenvalue weighted by Crippen LogP contribution is -2.37. The van der Waals surface area contributed by atoms with E-state index in [4.69, 9.17) is 24.2 Å². The lowest BCUT2D eigenvalue weighted by molar-refractivity contribution is 0.122. The van der Waals surface area contributed by atoms with Gasteiger partial charge in [-0.3, -0.25) is 0 Å². The van der Waals surface area contributed by atoms with Gasteiger partial charge in [0.1, 0.15) is 17.2 Å². The van der Waals surface area contributed by atoms with Crippen LogP contribution in [0.4, 0.5) is 34.6 Å². The first kappa shape index (κ1) is 21.0. The predicted octanol–water partition coefficient (Wildman–Crippen LogP) is 3.31. The van der Waals surface area contributed by atoms with Crippen molar-refractivity contribution >= 4 is 34.6 Å². The van der Waals surface area contributed by atoms with Crippen LogP contribution in [-0.4, -0.2) is 56.8 Å². The molecule has 10 heteroatoms. The smallest absolute Gasteiger partial charge is 0.231 e. The number of anilines is 6. The summed E-state index contributed by atoms with van der Waals surface area (Å²) in [6, 6.07) is 15.4. The summed E-state index contributed by atoms with van der Waals surface area (Å²) in [4.78, 5) is 11.8. The largest absolute Gasteiger partial charge is 0.497 e. The molecule has 1 atom stereocenters. The minimum atomic E-state index is -0.237. The lowest BCUT2D eigenvalue weighted by atomic mass is 10.3. The molecule has 33 heavy (non-hydrogen) atoms. The fourth-order valence-corrected chi connectivity index (χ4v) is 3.79. The summed E-state index contributed by atoms with van der Waals surface area (Å²) >= 11 is 0. The first-order valence-electron chi connectivity index (χ1n) is 10.8. The van der Waals surface area contributed by atoms with Gasteiger partial charge in [-0.1, -0.05) is 0 Å². The molecular weight excluding hydrogens is 422 g/mol. The number of benzene rings is 2. The monoisotopic (exact) mass is 449 g/mol. The van der Waals surface area contributed by atoms with Crippen LogP contribution in [0.15, 0.2) is 48.5 Å². The second-order valence-corrected chi connectivity index (χ2v) is 7.64. The van der Waals surface area contributed by atoms with Crippen molar-refractivity contribution in [3.05, 3.63) is 48.5 Å². The average molecular weight is 450 g/mol. The molecule has 0 spiro atoms. The number of hydrogen-bond donors (Lipinski definition) is 4. The fourth-order valence-electron chi connectivity index (χ4n) is 3.79. The number of ether oxygens (including phenoxy) is 3. The SMILES string of the molecule is COc1ccc(Nc2nc3c(c(N4CCOCC4)n2)NC(Nc2ccc(OC)cc2)N3)cc1. The molecule has 1 unspecified atom stereocenters. The minimum Gasteiger partial charge on any atom is -0.497 e. The molecule has 172 valence electrons. The topological polar surface area (TPSA) is 105 Å². The molecule has 0 amide bonds. The third kappa shape index (κ3) is 4.65. The Morgan fingerprint density at radius 1 is 0.879 bits per heavy atom. The number of nitrogens with one attached hydrogen (secondary N) is 4. The number of hydrogen-bond acceptors (Lipinski definition) is 10. The summed E-state index contributed by atoms with van der Waals surface area (Å²) < 4.78 is 16.0. The van der Waals surface area contributed by atoms with Crippen molar-refractivity contribution in [2.75, 3.05) is 66.7 Å². The predicted molar refractivity (Wildman–Crippen MR) is 129 cm³/mol. The van der Waals surface area contributed by atoms with Crippen LogP contribution in [0.3, 0.4) is 0 Å². The van der Waals surface area contributed by atoms with Crippen molar-refractivity contribution in [3.63, 3.8) is 0 Å². The van der Waals surface area contributed by atoms with E-state index in [1.807, 2.05) is 48.5 Å². The van der Waals surface area contributed by atoms with Crippen LogP contribution in [0, 0.1) is 0 Å². The standard InChI is InChI=1S/C23H27N7O3/c1-31-17-7-3-15(4-8-17)24-22-26-19-20(27-22)28-23(25-16-5-9-18(32-2)10-6-16)29-21(19)30-11-13-33-14-12-30/h3-10,22,24,26H,11-14H2,1-2H3,(H2,25,27,28,29). The molecule has 0 saturated carbocycles. The molecular formula is C23H27N7O3. The molecule has 4 N–H and O–H groups in total. The van der Waals surface area contributed by atoms with Crippen molar-refractivity contribution in [3.8, 4) is 11.5 Å². The van der Waals surface area contributed by atoms with E-state index in [0.717, 1.165) is 53.3 Å². The number of morpholine rings is 1. The summed E-state index contributed by atoms with van der Waals surface area (Å²) in [7, 11) is 3.30. The van der Waals surface area contributed by atoms with Gasteiger partial charge in [0.15, 0.2) is 17.9 Å². The number of aromatic nitrogens is 2. The van der Waals surface area contributed by atoms with Gasteiger partial charge >= 0.3 is 0 Å². The normalized spacial score (nSPS) is 16.9. The number of rotatable bonds is 7. The Morgan fingerprint density at radius 2 is 1.52 bits per heavy atom. The summed E-state index contributed by atoms with van der Waals surface area (Å²) in [6.45, 7) is 2.87. The molecule has 1 aromatic heterocycles. The second kappa shape index (κ2) is 9.29. The second-order valence-electron chi connectivity index (χ2n) is 7.64. The maximum absolute atomic E-state index is 5.54. The van der Waals surface area contributed by atoms with Gasteiger partial charge in [0.25, 0.3) is 0 Å². The van der Waals surface area contributed by atoms with Gasteiger partial charge in [0.05, 0.1) is 27.4 Å². The van der Waals surface area contributed by atoms with E-state index in [1.54, 1.807) is 14.2 Å². The lowest BCUT2D eigenvalue weighted by Gasteiger charge is -2.29. The summed E-state index contributed by atoms with van der Waals surface area (Å²) in [5, 5.41) is 13.6. The van der Waals surface area contributed by atoms with Crippen LogP contribution >= 0.6 is 0 Å². The Labute approximate surface area is 192 Å². The molecule has 1 saturated heterocycles. The van der Waals surface area contributed by atoms with Crippen molar-refractivity contribution < 1.29 is 14.2 Å². The van der Waals surface area contributed by atoms with Crippen LogP contribution < -0.4 is 35.6 Å². The Hall–Kier alpha value is -3.92. The molecule has 5 rings (SSSR count). The summed E-state index contributed by atoms with van der Waals surface area (Å²) in [5.74, 6) is 3.69. The van der Waals surface area contributed by atoms with E-state index in [0.29, 0.717) is 19.2 Å². The van der Waals surface area contributed by atoms with Gasteiger partial charge in [-0.25, -0.2) is 0 Å². The quantitative estimate of drug-likeness (QED) is 0.429. The van der Waals surface area contributed by atoms with Gasteiger partial charge in [0.2, 0.25) is 5.95 Å². The molecule has 0 bridgehead atoms. The van der Waals surface area contributed by atoms with E-state index >= 15 is 0 Å². The summed E-state index contributed by atoms with van der Waals surface area (Å²) in [5.41, 5.74) is 2.69. The van der Waals surface area contributed by atoms with Crippen LogP contribution in [0.25, 0.3) is 0 Å². The number of methoxy groups -OCH3 is 2. The molecule has 10 nitrogen and oxygen atoms in total. The molecule has 1 fully saturated rings. The zero-order valence-electron chi connectivity index (χ0n) is 18.6. The van der Waals surface area contributed by atoms with E-state index in [2.05, 4.69) is 26.2 Å². The summed E-state index contributed by atoms with van der Waals surface area (Å²) in [6.07, 6.45) is -0.237. The third-order valence-corrected chi connectivity index (χ3v) is 5.52. The zero-order valence-corrected chi connectivity index (χ0v) is 18.6. The Bertz CT molecular complexity index is 1090. The van der Waals surface area contributed by atoms with Crippen LogP contribution in [0.1, 0.15) is 0 Å². The molecule has 2 aromatic carbocycles. The average Bonchev–Trinajstić information content (AvgIpc) is 3.27. The van der Waals surface area contributed by atoms with Crippen LogP contribution in [0.5, 0.6) is 11.5 Å². The van der Waals surface area contributed by atoms with Gasteiger partial charge in [0, 0.05) is 24.5 Å². The molecule has 3 heterocycles. The van der Waals surface area contributed by atoms with E-state index < -0.39 is 0 Å². The molecule has 2 aliphatic rings. The molecule has 0 radical (unpaired) electrons. The van der Waals surface area contributed by atoms with E-state index in [9.17, 15) is 0 Å². The first-order chi connectivity index (χ1) is 16.2. The highest BCUT2D eigenvalue weighted by Gasteiger charge is 2.29. The van der Waals surface area contributed by atoms with Crippen LogP contribution in [0.2, 0.25) is 0 Å².